The van der Waals surface area contributed by atoms with Gasteiger partial charge in [-0.15, -0.1) is 0 Å². The second kappa shape index (κ2) is 7.97. The van der Waals surface area contributed by atoms with E-state index in [1.807, 2.05) is 16.9 Å². The minimum atomic E-state index is 0.141. The number of hydrogen-bond donors (Lipinski definition) is 1. The molecule has 28 heavy (non-hydrogen) atoms. The van der Waals surface area contributed by atoms with Crippen LogP contribution in [0, 0.1) is 0 Å². The Balaban J connectivity index is 1.82. The Bertz CT molecular complexity index is 915. The lowest BCUT2D eigenvalue weighted by Crippen LogP contribution is -2.37. The van der Waals surface area contributed by atoms with Gasteiger partial charge in [0.05, 0.1) is 25.5 Å². The third-order valence-corrected chi connectivity index (χ3v) is 5.55. The third kappa shape index (κ3) is 3.20. The van der Waals surface area contributed by atoms with Gasteiger partial charge in [-0.1, -0.05) is 37.6 Å². The molecule has 2 aliphatic heterocycles. The van der Waals surface area contributed by atoms with E-state index in [0.717, 1.165) is 55.0 Å². The first-order valence-electron chi connectivity index (χ1n) is 9.83. The first-order chi connectivity index (χ1) is 13.7. The second-order valence-corrected chi connectivity index (χ2v) is 7.63. The molecule has 7 heteroatoms. The average molecular weight is 401 g/mol. The fraction of sp³-hybridized carbons (Fsp3) is 0.429. The van der Waals surface area contributed by atoms with Gasteiger partial charge in [0.2, 0.25) is 0 Å². The largest absolute Gasteiger partial charge is 0.374 e. The summed E-state index contributed by atoms with van der Waals surface area (Å²) in [6.07, 6.45) is 4.79. The van der Waals surface area contributed by atoms with Crippen LogP contribution < -0.4 is 5.32 Å². The van der Waals surface area contributed by atoms with Crippen molar-refractivity contribution in [3.05, 3.63) is 40.6 Å². The highest BCUT2D eigenvalue weighted by atomic mass is 35.5. The Morgan fingerprint density at radius 3 is 2.79 bits per heavy atom. The van der Waals surface area contributed by atoms with Crippen molar-refractivity contribution in [3.8, 4) is 11.1 Å². The van der Waals surface area contributed by atoms with Gasteiger partial charge in [-0.3, -0.25) is 4.79 Å². The summed E-state index contributed by atoms with van der Waals surface area (Å²) in [5.74, 6) is 2.05. The maximum absolute atomic E-state index is 11.0. The number of halogens is 1. The average Bonchev–Trinajstić information content (AvgIpc) is 3.32. The molecule has 0 radical (unpaired) electrons. The fourth-order valence-corrected chi connectivity index (χ4v) is 4.30. The van der Waals surface area contributed by atoms with Crippen LogP contribution in [0.25, 0.3) is 16.9 Å². The van der Waals surface area contributed by atoms with Crippen LogP contribution in [0.3, 0.4) is 0 Å². The molecule has 148 valence electrons. The minimum absolute atomic E-state index is 0.141. The molecule has 1 atom stereocenters. The predicted molar refractivity (Wildman–Crippen MR) is 112 cm³/mol. The van der Waals surface area contributed by atoms with Gasteiger partial charge in [-0.25, -0.2) is 4.68 Å². The number of benzene rings is 1. The second-order valence-electron chi connectivity index (χ2n) is 7.22. The SMILES string of the molecule is CCCN(CCC)C1=C2COCC2Nc2c(-c3ccc(C=O)cc3Cl)cnn21. The number of aldehydes is 1. The zero-order valence-electron chi connectivity index (χ0n) is 16.2. The Morgan fingerprint density at radius 2 is 2.11 bits per heavy atom. The normalized spacial score (nSPS) is 17.9. The number of nitrogens with zero attached hydrogens (tertiary/aromatic N) is 3. The van der Waals surface area contributed by atoms with E-state index in [-0.39, 0.29) is 6.04 Å². The highest BCUT2D eigenvalue weighted by Gasteiger charge is 2.35. The van der Waals surface area contributed by atoms with E-state index in [0.29, 0.717) is 23.8 Å². The molecule has 1 aromatic carbocycles. The van der Waals surface area contributed by atoms with Crippen molar-refractivity contribution in [2.75, 3.05) is 31.6 Å². The van der Waals surface area contributed by atoms with Crippen molar-refractivity contribution < 1.29 is 9.53 Å². The topological polar surface area (TPSA) is 59.4 Å². The molecule has 0 amide bonds. The van der Waals surface area contributed by atoms with E-state index in [9.17, 15) is 4.79 Å². The molecule has 0 spiro atoms. The molecule has 0 saturated carbocycles. The standard InChI is InChI=1S/C21H25ClN4O2/c1-3-7-25(8-4-2)21-17-12-28-13-19(17)24-20-16(10-23-26(20)21)15-6-5-14(11-27)9-18(15)22/h5-6,9-11,19,24H,3-4,7-8,12-13H2,1-2H3. The first-order valence-corrected chi connectivity index (χ1v) is 10.2. The summed E-state index contributed by atoms with van der Waals surface area (Å²) in [6, 6.07) is 5.49. The molecule has 1 saturated heterocycles. The molecule has 0 aliphatic carbocycles. The molecule has 1 fully saturated rings. The highest BCUT2D eigenvalue weighted by Crippen LogP contribution is 2.40. The Kier molecular flexibility index (Phi) is 5.42. The van der Waals surface area contributed by atoms with Gasteiger partial charge in [0.15, 0.2) is 0 Å². The fourth-order valence-electron chi connectivity index (χ4n) is 4.01. The smallest absolute Gasteiger partial charge is 0.150 e. The number of carbonyl (C=O) groups excluding carboxylic acids is 1. The van der Waals surface area contributed by atoms with Crippen molar-refractivity contribution >= 4 is 29.5 Å². The molecule has 2 aromatic rings. The molecule has 1 unspecified atom stereocenters. The number of nitrogens with one attached hydrogen (secondary N) is 1. The lowest BCUT2D eigenvalue weighted by molar-refractivity contribution is 0.112. The van der Waals surface area contributed by atoms with E-state index >= 15 is 0 Å². The lowest BCUT2D eigenvalue weighted by Gasteiger charge is -2.34. The Morgan fingerprint density at radius 1 is 1.32 bits per heavy atom. The van der Waals surface area contributed by atoms with Gasteiger partial charge in [-0.05, 0) is 18.9 Å². The number of ether oxygens (including phenoxy) is 1. The number of hydrogen-bond acceptors (Lipinski definition) is 5. The van der Waals surface area contributed by atoms with E-state index in [1.165, 1.54) is 5.57 Å². The molecule has 0 bridgehead atoms. The third-order valence-electron chi connectivity index (χ3n) is 5.24. The zero-order valence-corrected chi connectivity index (χ0v) is 17.0. The molecule has 4 rings (SSSR count). The van der Waals surface area contributed by atoms with Crippen molar-refractivity contribution in [1.82, 2.24) is 14.7 Å². The van der Waals surface area contributed by atoms with E-state index < -0.39 is 0 Å². The number of aromatic nitrogens is 2. The van der Waals surface area contributed by atoms with Crippen LogP contribution in [-0.4, -0.2) is 53.3 Å². The molecular formula is C21H25ClN4O2. The van der Waals surface area contributed by atoms with Crippen molar-refractivity contribution in [2.24, 2.45) is 0 Å². The van der Waals surface area contributed by atoms with Crippen LogP contribution in [-0.2, 0) is 4.74 Å². The Hall–Kier alpha value is -2.31. The zero-order chi connectivity index (χ0) is 19.7. The van der Waals surface area contributed by atoms with E-state index in [1.54, 1.807) is 12.1 Å². The number of fused-ring (bicyclic) bond motifs is 2. The van der Waals surface area contributed by atoms with Gasteiger partial charge in [-0.2, -0.15) is 5.10 Å². The summed E-state index contributed by atoms with van der Waals surface area (Å²) in [5.41, 5.74) is 3.61. The molecular weight excluding hydrogens is 376 g/mol. The summed E-state index contributed by atoms with van der Waals surface area (Å²) in [4.78, 5) is 13.5. The molecule has 1 aromatic heterocycles. The van der Waals surface area contributed by atoms with Gasteiger partial charge in [0.1, 0.15) is 17.9 Å². The van der Waals surface area contributed by atoms with Crippen LogP contribution in [0.15, 0.2) is 30.0 Å². The number of rotatable bonds is 7. The monoisotopic (exact) mass is 400 g/mol. The van der Waals surface area contributed by atoms with Gasteiger partial charge >= 0.3 is 0 Å². The highest BCUT2D eigenvalue weighted by molar-refractivity contribution is 6.33. The van der Waals surface area contributed by atoms with E-state index in [2.05, 4.69) is 24.1 Å². The maximum atomic E-state index is 11.0. The minimum Gasteiger partial charge on any atom is -0.374 e. The number of anilines is 1. The van der Waals surface area contributed by atoms with Crippen molar-refractivity contribution in [1.29, 1.82) is 0 Å². The van der Waals surface area contributed by atoms with Crippen LogP contribution >= 0.6 is 11.6 Å². The first kappa shape index (κ1) is 19.0. The summed E-state index contributed by atoms with van der Waals surface area (Å²) in [7, 11) is 0. The summed E-state index contributed by atoms with van der Waals surface area (Å²) in [6.45, 7) is 7.61. The van der Waals surface area contributed by atoms with Gasteiger partial charge < -0.3 is 15.0 Å². The maximum Gasteiger partial charge on any atom is 0.150 e. The molecule has 1 N–H and O–H groups in total. The van der Waals surface area contributed by atoms with Crippen LogP contribution in [0.4, 0.5) is 5.82 Å². The van der Waals surface area contributed by atoms with Crippen LogP contribution in [0.5, 0.6) is 0 Å². The lowest BCUT2D eigenvalue weighted by atomic mass is 10.0. The molecule has 2 aliphatic rings. The van der Waals surface area contributed by atoms with Crippen molar-refractivity contribution in [3.63, 3.8) is 0 Å². The van der Waals surface area contributed by atoms with Crippen LogP contribution in [0.1, 0.15) is 37.0 Å². The summed E-state index contributed by atoms with van der Waals surface area (Å²) < 4.78 is 7.77. The van der Waals surface area contributed by atoms with Gasteiger partial charge in [0, 0.05) is 40.4 Å². The van der Waals surface area contributed by atoms with E-state index in [4.69, 9.17) is 21.4 Å². The van der Waals surface area contributed by atoms with Crippen molar-refractivity contribution in [2.45, 2.75) is 32.7 Å². The quantitative estimate of drug-likeness (QED) is 0.708. The predicted octanol–water partition coefficient (Wildman–Crippen LogP) is 4.13. The van der Waals surface area contributed by atoms with Crippen LogP contribution in [0.2, 0.25) is 5.02 Å². The summed E-state index contributed by atoms with van der Waals surface area (Å²) in [5, 5.41) is 8.85. The number of carbonyl (C=O) groups is 1. The summed E-state index contributed by atoms with van der Waals surface area (Å²) >= 11 is 6.48. The van der Waals surface area contributed by atoms with Gasteiger partial charge in [0.25, 0.3) is 0 Å². The Labute approximate surface area is 170 Å². The molecule has 3 heterocycles. The molecule has 6 nitrogen and oxygen atoms in total.